The Hall–Kier alpha value is -0.870. The van der Waals surface area contributed by atoms with Crippen molar-refractivity contribution in [1.29, 1.82) is 0 Å². The molecule has 82 valence electrons. The van der Waals surface area contributed by atoms with Gasteiger partial charge in [-0.25, -0.2) is 0 Å². The maximum atomic E-state index is 9.31. The number of benzene rings is 1. The fourth-order valence-corrected chi connectivity index (χ4v) is 2.82. The summed E-state index contributed by atoms with van der Waals surface area (Å²) in [5.74, 6) is 2.30. The molecule has 2 rings (SSSR count). The molecule has 1 aliphatic rings. The van der Waals surface area contributed by atoms with Gasteiger partial charge in [0.1, 0.15) is 0 Å². The van der Waals surface area contributed by atoms with Gasteiger partial charge in [-0.05, 0) is 29.9 Å². The Kier molecular flexibility index (Phi) is 3.38. The second-order valence-corrected chi connectivity index (χ2v) is 4.91. The molecule has 0 bridgehead atoms. The minimum absolute atomic E-state index is 0.0462. The maximum absolute atomic E-state index is 9.31. The third-order valence-corrected chi connectivity index (χ3v) is 3.73. The van der Waals surface area contributed by atoms with Crippen LogP contribution in [0.1, 0.15) is 12.0 Å². The molecule has 3 nitrogen and oxygen atoms in total. The molecule has 0 aliphatic carbocycles. The highest BCUT2D eigenvalue weighted by Crippen LogP contribution is 2.25. The van der Waals surface area contributed by atoms with Crippen LogP contribution in [0.2, 0.25) is 0 Å². The number of hydrogen-bond acceptors (Lipinski definition) is 4. The van der Waals surface area contributed by atoms with Crippen LogP contribution in [-0.2, 0) is 6.54 Å². The fraction of sp³-hybridized carbons (Fsp3) is 0.455. The van der Waals surface area contributed by atoms with E-state index in [4.69, 9.17) is 5.11 Å². The van der Waals surface area contributed by atoms with E-state index in [-0.39, 0.29) is 11.5 Å². The van der Waals surface area contributed by atoms with Crippen molar-refractivity contribution in [2.24, 2.45) is 0 Å². The molecule has 0 amide bonds. The van der Waals surface area contributed by atoms with Crippen LogP contribution in [0.4, 0.5) is 0 Å². The van der Waals surface area contributed by atoms with E-state index >= 15 is 0 Å². The number of phenolic OH excluding ortho intramolecular Hbond substituents is 2. The van der Waals surface area contributed by atoms with Gasteiger partial charge in [-0.1, -0.05) is 6.07 Å². The van der Waals surface area contributed by atoms with E-state index in [1.807, 2.05) is 17.8 Å². The normalized spacial score (nSPS) is 20.7. The minimum Gasteiger partial charge on any atom is -0.504 e. The Morgan fingerprint density at radius 3 is 2.87 bits per heavy atom. The zero-order valence-corrected chi connectivity index (χ0v) is 9.26. The van der Waals surface area contributed by atoms with Gasteiger partial charge in [0.05, 0.1) is 0 Å². The van der Waals surface area contributed by atoms with Crippen LogP contribution in [0.15, 0.2) is 18.2 Å². The average Bonchev–Trinajstić information content (AvgIpc) is 2.73. The quantitative estimate of drug-likeness (QED) is 0.685. The lowest BCUT2D eigenvalue weighted by Crippen LogP contribution is -2.27. The van der Waals surface area contributed by atoms with Crippen LogP contribution in [0.25, 0.3) is 0 Å². The van der Waals surface area contributed by atoms with Crippen LogP contribution >= 0.6 is 11.8 Å². The molecule has 4 heteroatoms. The lowest BCUT2D eigenvalue weighted by molar-refractivity contribution is 0.402. The molecule has 1 aliphatic heterocycles. The zero-order chi connectivity index (χ0) is 10.7. The van der Waals surface area contributed by atoms with E-state index in [1.165, 1.54) is 24.0 Å². The van der Waals surface area contributed by atoms with Crippen LogP contribution in [-0.4, -0.2) is 27.8 Å². The van der Waals surface area contributed by atoms with Crippen molar-refractivity contribution in [2.45, 2.75) is 19.0 Å². The Morgan fingerprint density at radius 2 is 2.20 bits per heavy atom. The molecule has 1 saturated heterocycles. The van der Waals surface area contributed by atoms with Crippen molar-refractivity contribution in [3.8, 4) is 11.5 Å². The van der Waals surface area contributed by atoms with Crippen LogP contribution in [0, 0.1) is 0 Å². The molecule has 1 aromatic rings. The third kappa shape index (κ3) is 2.79. The van der Waals surface area contributed by atoms with Crippen molar-refractivity contribution in [3.05, 3.63) is 23.8 Å². The summed E-state index contributed by atoms with van der Waals surface area (Å²) >= 11 is 1.97. The van der Waals surface area contributed by atoms with Crippen molar-refractivity contribution < 1.29 is 10.2 Å². The number of hydrogen-bond donors (Lipinski definition) is 3. The van der Waals surface area contributed by atoms with Gasteiger partial charge in [0, 0.05) is 18.3 Å². The molecular weight excluding hydrogens is 210 g/mol. The summed E-state index contributed by atoms with van der Waals surface area (Å²) in [6, 6.07) is 5.54. The number of thioether (sulfide) groups is 1. The summed E-state index contributed by atoms with van der Waals surface area (Å²) in [7, 11) is 0. The molecular formula is C11H15NO2S. The van der Waals surface area contributed by atoms with E-state index in [0.717, 1.165) is 12.1 Å². The monoisotopic (exact) mass is 225 g/mol. The Bertz CT molecular complexity index is 337. The molecule has 1 unspecified atom stereocenters. The van der Waals surface area contributed by atoms with E-state index in [0.29, 0.717) is 6.04 Å². The van der Waals surface area contributed by atoms with E-state index in [9.17, 15) is 5.11 Å². The first-order valence-electron chi connectivity index (χ1n) is 5.07. The van der Waals surface area contributed by atoms with Crippen molar-refractivity contribution in [1.82, 2.24) is 5.32 Å². The summed E-state index contributed by atoms with van der Waals surface area (Å²) in [5, 5.41) is 21.9. The second kappa shape index (κ2) is 4.77. The number of nitrogens with one attached hydrogen (secondary N) is 1. The lowest BCUT2D eigenvalue weighted by atomic mass is 10.2. The van der Waals surface area contributed by atoms with Gasteiger partial charge in [0.25, 0.3) is 0 Å². The molecule has 1 fully saturated rings. The number of aromatic hydroxyl groups is 2. The highest BCUT2D eigenvalue weighted by atomic mass is 32.2. The van der Waals surface area contributed by atoms with Crippen molar-refractivity contribution >= 4 is 11.8 Å². The first-order chi connectivity index (χ1) is 7.25. The molecule has 3 N–H and O–H groups in total. The molecule has 0 radical (unpaired) electrons. The van der Waals surface area contributed by atoms with E-state index < -0.39 is 0 Å². The van der Waals surface area contributed by atoms with Gasteiger partial charge < -0.3 is 15.5 Å². The van der Waals surface area contributed by atoms with Crippen LogP contribution in [0.3, 0.4) is 0 Å². The third-order valence-electron chi connectivity index (χ3n) is 2.56. The number of rotatable bonds is 3. The van der Waals surface area contributed by atoms with E-state index in [2.05, 4.69) is 5.32 Å². The first-order valence-corrected chi connectivity index (χ1v) is 6.23. The summed E-state index contributed by atoms with van der Waals surface area (Å²) < 4.78 is 0. The highest BCUT2D eigenvalue weighted by molar-refractivity contribution is 7.99. The molecule has 0 saturated carbocycles. The SMILES string of the molecule is Oc1ccc(CNC2CCSC2)cc1O. The Morgan fingerprint density at radius 1 is 1.33 bits per heavy atom. The largest absolute Gasteiger partial charge is 0.504 e. The molecule has 15 heavy (non-hydrogen) atoms. The summed E-state index contributed by atoms with van der Waals surface area (Å²) in [5.41, 5.74) is 1.00. The lowest BCUT2D eigenvalue weighted by Gasteiger charge is -2.11. The summed E-state index contributed by atoms with van der Waals surface area (Å²) in [6.07, 6.45) is 1.22. The van der Waals surface area contributed by atoms with Crippen molar-refractivity contribution in [2.75, 3.05) is 11.5 Å². The molecule has 0 aromatic heterocycles. The smallest absolute Gasteiger partial charge is 0.157 e. The molecule has 0 spiro atoms. The van der Waals surface area contributed by atoms with Gasteiger partial charge >= 0.3 is 0 Å². The van der Waals surface area contributed by atoms with Gasteiger partial charge in [0.2, 0.25) is 0 Å². The minimum atomic E-state index is -0.0600. The Balaban J connectivity index is 1.90. The summed E-state index contributed by atoms with van der Waals surface area (Å²) in [6.45, 7) is 0.749. The number of phenols is 2. The van der Waals surface area contributed by atoms with Gasteiger partial charge in [-0.15, -0.1) is 0 Å². The predicted octanol–water partition coefficient (Wildman–Crippen LogP) is 1.69. The van der Waals surface area contributed by atoms with Crippen molar-refractivity contribution in [3.63, 3.8) is 0 Å². The van der Waals surface area contributed by atoms with E-state index in [1.54, 1.807) is 6.07 Å². The van der Waals surface area contributed by atoms with Gasteiger partial charge in [-0.2, -0.15) is 11.8 Å². The standard InChI is InChI=1S/C11H15NO2S/c13-10-2-1-8(5-11(10)14)6-12-9-3-4-15-7-9/h1-2,5,9,12-14H,3-4,6-7H2. The predicted molar refractivity (Wildman–Crippen MR) is 62.3 cm³/mol. The maximum Gasteiger partial charge on any atom is 0.157 e. The van der Waals surface area contributed by atoms with Gasteiger partial charge in [0.15, 0.2) is 11.5 Å². The first kappa shape index (κ1) is 10.6. The van der Waals surface area contributed by atoms with Crippen LogP contribution in [0.5, 0.6) is 11.5 Å². The topological polar surface area (TPSA) is 52.5 Å². The zero-order valence-electron chi connectivity index (χ0n) is 8.44. The highest BCUT2D eigenvalue weighted by Gasteiger charge is 2.14. The Labute approximate surface area is 93.5 Å². The van der Waals surface area contributed by atoms with Crippen LogP contribution < -0.4 is 5.32 Å². The molecule has 1 heterocycles. The molecule has 1 aromatic carbocycles. The van der Waals surface area contributed by atoms with Gasteiger partial charge in [-0.3, -0.25) is 0 Å². The molecule has 1 atom stereocenters. The summed E-state index contributed by atoms with van der Waals surface area (Å²) in [4.78, 5) is 0. The average molecular weight is 225 g/mol. The fourth-order valence-electron chi connectivity index (χ4n) is 1.64. The second-order valence-electron chi connectivity index (χ2n) is 3.76.